The molecule has 2 aliphatic heterocycles. The molecule has 0 radical (unpaired) electrons. The molecule has 0 unspecified atom stereocenters. The number of piperazine rings is 1. The number of aromatic nitrogens is 3. The quantitative estimate of drug-likeness (QED) is 0.796. The van der Waals surface area contributed by atoms with Crippen molar-refractivity contribution >= 4 is 5.91 Å². The van der Waals surface area contributed by atoms with Gasteiger partial charge in [0.1, 0.15) is 0 Å². The van der Waals surface area contributed by atoms with Gasteiger partial charge in [-0.1, -0.05) is 12.1 Å². The molecule has 2 aliphatic rings. The molecule has 3 heterocycles. The molecule has 7 nitrogen and oxygen atoms in total. The minimum Gasteiger partial charge on any atom is -0.380 e. The second-order valence-corrected chi connectivity index (χ2v) is 8.20. The first kappa shape index (κ1) is 19.1. The largest absolute Gasteiger partial charge is 0.401 e. The van der Waals surface area contributed by atoms with Crippen molar-refractivity contribution < 1.29 is 22.7 Å². The number of carbonyl (C=O) groups is 1. The van der Waals surface area contributed by atoms with Crippen LogP contribution in [0, 0.1) is 5.41 Å². The van der Waals surface area contributed by atoms with Gasteiger partial charge < -0.3 is 9.64 Å². The molecular formula is C16H24F3N5O2. The normalized spacial score (nSPS) is 22.9. The van der Waals surface area contributed by atoms with Crippen LogP contribution in [0.3, 0.4) is 0 Å². The Balaban J connectivity index is 1.65. The summed E-state index contributed by atoms with van der Waals surface area (Å²) < 4.78 is 44.7. The third kappa shape index (κ3) is 4.17. The molecule has 1 aromatic rings. The first-order chi connectivity index (χ1) is 12.0. The summed E-state index contributed by atoms with van der Waals surface area (Å²) >= 11 is 0. The van der Waals surface area contributed by atoms with Gasteiger partial charge in [0.25, 0.3) is 5.91 Å². The summed E-state index contributed by atoms with van der Waals surface area (Å²) in [7, 11) is 0. The van der Waals surface area contributed by atoms with E-state index in [-0.39, 0.29) is 36.7 Å². The van der Waals surface area contributed by atoms with Crippen molar-refractivity contribution in [3.63, 3.8) is 0 Å². The van der Waals surface area contributed by atoms with Crippen LogP contribution in [0.4, 0.5) is 13.2 Å². The number of hydrogen-bond acceptors (Lipinski definition) is 5. The van der Waals surface area contributed by atoms with Crippen LogP contribution >= 0.6 is 0 Å². The van der Waals surface area contributed by atoms with E-state index in [2.05, 4.69) is 17.2 Å². The van der Waals surface area contributed by atoms with Gasteiger partial charge in [0.2, 0.25) is 0 Å². The van der Waals surface area contributed by atoms with Crippen LogP contribution in [-0.2, 0) is 11.3 Å². The lowest BCUT2D eigenvalue weighted by molar-refractivity contribution is -0.153. The summed E-state index contributed by atoms with van der Waals surface area (Å²) in [4.78, 5) is 15.7. The molecular weight excluding hydrogens is 351 g/mol. The van der Waals surface area contributed by atoms with Crippen molar-refractivity contribution in [3.05, 3.63) is 11.9 Å². The van der Waals surface area contributed by atoms with Gasteiger partial charge in [-0.3, -0.25) is 14.4 Å². The van der Waals surface area contributed by atoms with E-state index in [1.807, 2.05) is 0 Å². The number of carbonyl (C=O) groups excluding carboxylic acids is 1. The Labute approximate surface area is 150 Å². The third-order valence-corrected chi connectivity index (χ3v) is 4.83. The molecule has 3 rings (SSSR count). The topological polar surface area (TPSA) is 63.5 Å². The molecule has 1 aromatic heterocycles. The molecule has 0 spiro atoms. The van der Waals surface area contributed by atoms with Gasteiger partial charge in [-0.2, -0.15) is 13.2 Å². The minimum absolute atomic E-state index is 0.00346. The average molecular weight is 375 g/mol. The molecule has 146 valence electrons. The summed E-state index contributed by atoms with van der Waals surface area (Å²) in [6.45, 7) is 7.10. The van der Waals surface area contributed by atoms with E-state index in [4.69, 9.17) is 4.74 Å². The average Bonchev–Trinajstić information content (AvgIpc) is 2.90. The van der Waals surface area contributed by atoms with Crippen molar-refractivity contribution in [1.29, 1.82) is 0 Å². The number of hydrogen-bond donors (Lipinski definition) is 0. The Morgan fingerprint density at radius 3 is 2.50 bits per heavy atom. The summed E-state index contributed by atoms with van der Waals surface area (Å²) in [6.07, 6.45) is -2.64. The molecule has 0 bridgehead atoms. The molecule has 0 aliphatic carbocycles. The van der Waals surface area contributed by atoms with Crippen molar-refractivity contribution in [3.8, 4) is 0 Å². The summed E-state index contributed by atoms with van der Waals surface area (Å²) in [5.41, 5.74) is -0.513. The van der Waals surface area contributed by atoms with Gasteiger partial charge in [0, 0.05) is 25.0 Å². The summed E-state index contributed by atoms with van der Waals surface area (Å²) in [5.74, 6) is -0.303. The lowest BCUT2D eigenvalue weighted by Gasteiger charge is -2.47. The monoisotopic (exact) mass is 375 g/mol. The highest BCUT2D eigenvalue weighted by Crippen LogP contribution is 2.29. The number of halogens is 3. The Hall–Kier alpha value is -1.68. The van der Waals surface area contributed by atoms with E-state index in [1.165, 1.54) is 4.90 Å². The van der Waals surface area contributed by atoms with Crippen molar-refractivity contribution in [1.82, 2.24) is 24.8 Å². The second kappa shape index (κ2) is 6.49. The summed E-state index contributed by atoms with van der Waals surface area (Å²) in [5, 5.41) is 7.98. The Morgan fingerprint density at radius 1 is 1.27 bits per heavy atom. The Bertz CT molecular complexity index is 669. The van der Waals surface area contributed by atoms with Crippen LogP contribution in [0.25, 0.3) is 0 Å². The van der Waals surface area contributed by atoms with Crippen LogP contribution in [-0.4, -0.2) is 81.8 Å². The number of amides is 1. The fourth-order valence-corrected chi connectivity index (χ4v) is 3.57. The van der Waals surface area contributed by atoms with Gasteiger partial charge in [0.05, 0.1) is 38.0 Å². The summed E-state index contributed by atoms with van der Waals surface area (Å²) in [6, 6.07) is 0. The maximum atomic E-state index is 12.8. The third-order valence-electron chi connectivity index (χ3n) is 4.83. The standard InChI is InChI=1S/C16H24F3N5O2/c1-14(2)7-22(9-16(17,18)19)4-5-24(14)13(25)12-6-23(21-20-12)8-15(3)10-26-11-15/h6H,4-5,7-11H2,1-3H3. The van der Waals surface area contributed by atoms with E-state index >= 15 is 0 Å². The molecule has 26 heavy (non-hydrogen) atoms. The fraction of sp³-hybridized carbons (Fsp3) is 0.812. The van der Waals surface area contributed by atoms with Gasteiger partial charge >= 0.3 is 6.18 Å². The molecule has 0 N–H and O–H groups in total. The predicted molar refractivity (Wildman–Crippen MR) is 86.6 cm³/mol. The SMILES string of the molecule is CC1(Cn2cc(C(=O)N3CCN(CC(F)(F)F)CC3(C)C)nn2)COC1. The van der Waals surface area contributed by atoms with Gasteiger partial charge in [-0.25, -0.2) is 0 Å². The minimum atomic E-state index is -4.24. The molecule has 2 saturated heterocycles. The van der Waals surface area contributed by atoms with E-state index in [9.17, 15) is 18.0 Å². The maximum Gasteiger partial charge on any atom is 0.401 e. The zero-order valence-corrected chi connectivity index (χ0v) is 15.2. The first-order valence-electron chi connectivity index (χ1n) is 8.57. The van der Waals surface area contributed by atoms with E-state index < -0.39 is 18.3 Å². The molecule has 0 aromatic carbocycles. The lowest BCUT2D eigenvalue weighted by atomic mass is 9.89. The highest BCUT2D eigenvalue weighted by atomic mass is 19.4. The molecule has 2 fully saturated rings. The number of alkyl halides is 3. The maximum absolute atomic E-state index is 12.8. The number of ether oxygens (including phenoxy) is 1. The van der Waals surface area contributed by atoms with Crippen molar-refractivity contribution in [2.45, 2.75) is 39.0 Å². The predicted octanol–water partition coefficient (Wildman–Crippen LogP) is 1.41. The number of nitrogens with zero attached hydrogens (tertiary/aromatic N) is 5. The van der Waals surface area contributed by atoms with Crippen LogP contribution in [0.15, 0.2) is 6.20 Å². The smallest absolute Gasteiger partial charge is 0.380 e. The Kier molecular flexibility index (Phi) is 4.76. The Morgan fingerprint density at radius 2 is 1.96 bits per heavy atom. The molecule has 0 saturated carbocycles. The van der Waals surface area contributed by atoms with Gasteiger partial charge in [0.15, 0.2) is 5.69 Å². The van der Waals surface area contributed by atoms with Crippen molar-refractivity contribution in [2.24, 2.45) is 5.41 Å². The van der Waals surface area contributed by atoms with Gasteiger partial charge in [-0.05, 0) is 13.8 Å². The lowest BCUT2D eigenvalue weighted by Crippen LogP contribution is -2.62. The molecule has 1 amide bonds. The van der Waals surface area contributed by atoms with Crippen LogP contribution in [0.2, 0.25) is 0 Å². The molecule has 10 heteroatoms. The highest BCUT2D eigenvalue weighted by molar-refractivity contribution is 5.92. The zero-order valence-electron chi connectivity index (χ0n) is 15.2. The van der Waals surface area contributed by atoms with E-state index in [0.717, 1.165) is 0 Å². The number of rotatable bonds is 4. The van der Waals surface area contributed by atoms with Crippen molar-refractivity contribution in [2.75, 3.05) is 39.4 Å². The van der Waals surface area contributed by atoms with Crippen LogP contribution in [0.5, 0.6) is 0 Å². The molecule has 0 atom stereocenters. The highest BCUT2D eigenvalue weighted by Gasteiger charge is 2.41. The van der Waals surface area contributed by atoms with E-state index in [1.54, 1.807) is 29.6 Å². The first-order valence-corrected chi connectivity index (χ1v) is 8.57. The van der Waals surface area contributed by atoms with Crippen LogP contribution < -0.4 is 0 Å². The fourth-order valence-electron chi connectivity index (χ4n) is 3.57. The zero-order chi connectivity index (χ0) is 19.2. The van der Waals surface area contributed by atoms with E-state index in [0.29, 0.717) is 19.8 Å². The van der Waals surface area contributed by atoms with Crippen LogP contribution in [0.1, 0.15) is 31.3 Å². The second-order valence-electron chi connectivity index (χ2n) is 8.20. The van der Waals surface area contributed by atoms with Gasteiger partial charge in [-0.15, -0.1) is 5.10 Å².